The van der Waals surface area contributed by atoms with Crippen molar-refractivity contribution in [1.82, 2.24) is 14.8 Å². The van der Waals surface area contributed by atoms with E-state index in [-0.39, 0.29) is 5.56 Å². The normalized spacial score (nSPS) is 16.2. The number of anilines is 1. The van der Waals surface area contributed by atoms with Gasteiger partial charge in [-0.25, -0.2) is 14.5 Å². The van der Waals surface area contributed by atoms with Gasteiger partial charge < -0.3 is 4.74 Å². The zero-order chi connectivity index (χ0) is 23.6. The molecule has 3 rings (SSSR count). The highest BCUT2D eigenvalue weighted by molar-refractivity contribution is 5.95. The summed E-state index contributed by atoms with van der Waals surface area (Å²) in [7, 11) is 2.85. The first kappa shape index (κ1) is 23.7. The zero-order valence-corrected chi connectivity index (χ0v) is 19.5. The molecule has 9 heteroatoms. The highest BCUT2D eigenvalue weighted by Crippen LogP contribution is 2.36. The molecule has 0 saturated carbocycles. The summed E-state index contributed by atoms with van der Waals surface area (Å²) in [6.07, 6.45) is 2.74. The van der Waals surface area contributed by atoms with Gasteiger partial charge in [0, 0.05) is 12.7 Å². The minimum atomic E-state index is -0.705. The Balaban J connectivity index is 1.95. The average molecular weight is 447 g/mol. The van der Waals surface area contributed by atoms with Crippen LogP contribution >= 0.6 is 0 Å². The van der Waals surface area contributed by atoms with Gasteiger partial charge in [0.25, 0.3) is 5.91 Å². The quantitative estimate of drug-likeness (QED) is 0.544. The predicted octanol–water partition coefficient (Wildman–Crippen LogP) is 4.69. The van der Waals surface area contributed by atoms with E-state index in [1.165, 1.54) is 19.2 Å². The molecule has 1 unspecified atom stereocenters. The van der Waals surface area contributed by atoms with Gasteiger partial charge in [-0.3, -0.25) is 14.9 Å². The summed E-state index contributed by atoms with van der Waals surface area (Å²) < 4.78 is 21.0. The molecule has 2 aromatic rings. The van der Waals surface area contributed by atoms with E-state index >= 15 is 0 Å². The van der Waals surface area contributed by atoms with Gasteiger partial charge in [0.05, 0.1) is 18.8 Å². The number of aromatic nitrogens is 2. The number of fused-ring (bicyclic) bond motifs is 1. The lowest BCUT2D eigenvalue weighted by Crippen LogP contribution is -2.35. The second-order valence-electron chi connectivity index (χ2n) is 8.99. The Labute approximate surface area is 187 Å². The van der Waals surface area contributed by atoms with Crippen molar-refractivity contribution in [3.05, 3.63) is 46.5 Å². The van der Waals surface area contributed by atoms with Crippen LogP contribution in [0.2, 0.25) is 0 Å². The molecule has 0 fully saturated rings. The Bertz CT molecular complexity index is 1010. The predicted molar refractivity (Wildman–Crippen MR) is 118 cm³/mol. The van der Waals surface area contributed by atoms with Gasteiger partial charge in [0.1, 0.15) is 11.2 Å². The molecular weight excluding hydrogens is 415 g/mol. The molecule has 0 radical (unpaired) electrons. The van der Waals surface area contributed by atoms with Gasteiger partial charge >= 0.3 is 6.09 Å². The maximum absolute atomic E-state index is 14.6. The molecule has 1 aromatic heterocycles. The second kappa shape index (κ2) is 9.28. The first-order valence-electron chi connectivity index (χ1n) is 10.7. The average Bonchev–Trinajstić information content (AvgIpc) is 2.84. The standard InChI is InChI=1S/C23H31FN4O4/c1-14-19(20(24)27(5)26-14)21(29)28(31-6)18-10-8-7-9-15-11-12-16(13-17(15)18)25-22(30)32-23(2,3)4/h11-13,18H,7-10H2,1-6H3,(H,25,30). The molecule has 1 N–H and O–H groups in total. The number of benzene rings is 1. The fourth-order valence-corrected chi connectivity index (χ4v) is 4.02. The number of nitrogens with one attached hydrogen (secondary N) is 1. The van der Waals surface area contributed by atoms with E-state index in [1.54, 1.807) is 27.7 Å². The summed E-state index contributed by atoms with van der Waals surface area (Å²) in [6, 6.07) is 5.15. The molecule has 174 valence electrons. The van der Waals surface area contributed by atoms with Gasteiger partial charge in [-0.1, -0.05) is 12.5 Å². The smallest absolute Gasteiger partial charge is 0.412 e. The Kier molecular flexibility index (Phi) is 6.88. The number of carbonyl (C=O) groups excluding carboxylic acids is 2. The lowest BCUT2D eigenvalue weighted by molar-refractivity contribution is -0.127. The van der Waals surface area contributed by atoms with E-state index in [1.807, 2.05) is 18.2 Å². The molecule has 1 aromatic carbocycles. The molecule has 1 aliphatic rings. The van der Waals surface area contributed by atoms with Crippen LogP contribution in [0.4, 0.5) is 14.9 Å². The Hall–Kier alpha value is -2.94. The summed E-state index contributed by atoms with van der Waals surface area (Å²) in [5, 5.41) is 7.98. The van der Waals surface area contributed by atoms with Gasteiger partial charge in [-0.15, -0.1) is 0 Å². The van der Waals surface area contributed by atoms with Crippen molar-refractivity contribution in [2.24, 2.45) is 7.05 Å². The summed E-state index contributed by atoms with van der Waals surface area (Å²) >= 11 is 0. The van der Waals surface area contributed by atoms with Gasteiger partial charge in [-0.05, 0) is 70.2 Å². The topological polar surface area (TPSA) is 85.7 Å². The number of nitrogens with zero attached hydrogens (tertiary/aromatic N) is 3. The lowest BCUT2D eigenvalue weighted by atomic mass is 9.97. The molecule has 8 nitrogen and oxygen atoms in total. The molecule has 2 amide bonds. The zero-order valence-electron chi connectivity index (χ0n) is 19.5. The Morgan fingerprint density at radius 1 is 1.28 bits per heavy atom. The van der Waals surface area contributed by atoms with Crippen LogP contribution in [-0.4, -0.2) is 39.6 Å². The van der Waals surface area contributed by atoms with Gasteiger partial charge in [-0.2, -0.15) is 9.49 Å². The maximum atomic E-state index is 14.6. The molecule has 0 spiro atoms. The number of ether oxygens (including phenoxy) is 1. The van der Waals surface area contributed by atoms with Crippen LogP contribution < -0.4 is 5.32 Å². The van der Waals surface area contributed by atoms with Crippen molar-refractivity contribution in [1.29, 1.82) is 0 Å². The molecule has 32 heavy (non-hydrogen) atoms. The van der Waals surface area contributed by atoms with E-state index in [2.05, 4.69) is 10.4 Å². The van der Waals surface area contributed by atoms with E-state index < -0.39 is 29.6 Å². The molecule has 0 aliphatic heterocycles. The third-order valence-corrected chi connectivity index (χ3v) is 5.37. The number of halogens is 1. The van der Waals surface area contributed by atoms with Crippen LogP contribution in [0.3, 0.4) is 0 Å². The monoisotopic (exact) mass is 446 g/mol. The molecule has 1 aliphatic carbocycles. The molecule has 0 saturated heterocycles. The highest BCUT2D eigenvalue weighted by Gasteiger charge is 2.33. The van der Waals surface area contributed by atoms with Crippen LogP contribution in [0.25, 0.3) is 0 Å². The first-order valence-corrected chi connectivity index (χ1v) is 10.7. The minimum Gasteiger partial charge on any atom is -0.444 e. The second-order valence-corrected chi connectivity index (χ2v) is 8.99. The molecule has 1 atom stereocenters. The van der Waals surface area contributed by atoms with Gasteiger partial charge in [0.2, 0.25) is 5.95 Å². The number of hydroxylamine groups is 2. The first-order chi connectivity index (χ1) is 15.0. The number of aryl methyl sites for hydroxylation is 3. The molecular formula is C23H31FN4O4. The van der Waals surface area contributed by atoms with E-state index in [9.17, 15) is 14.0 Å². The van der Waals surface area contributed by atoms with Crippen molar-refractivity contribution in [2.45, 2.75) is 65.0 Å². The minimum absolute atomic E-state index is 0.108. The van der Waals surface area contributed by atoms with E-state index in [0.717, 1.165) is 35.1 Å². The highest BCUT2D eigenvalue weighted by atomic mass is 19.1. The summed E-state index contributed by atoms with van der Waals surface area (Å²) in [5.41, 5.74) is 2.03. The van der Waals surface area contributed by atoms with E-state index in [4.69, 9.17) is 9.57 Å². The third kappa shape index (κ3) is 5.09. The number of carbonyl (C=O) groups is 2. The van der Waals surface area contributed by atoms with Crippen molar-refractivity contribution >= 4 is 17.7 Å². The number of hydrogen-bond donors (Lipinski definition) is 1. The van der Waals surface area contributed by atoms with E-state index in [0.29, 0.717) is 17.8 Å². The largest absolute Gasteiger partial charge is 0.444 e. The van der Waals surface area contributed by atoms with Crippen molar-refractivity contribution in [3.8, 4) is 0 Å². The fraction of sp³-hybridized carbons (Fsp3) is 0.522. The van der Waals surface area contributed by atoms with Crippen molar-refractivity contribution in [3.63, 3.8) is 0 Å². The Morgan fingerprint density at radius 3 is 2.59 bits per heavy atom. The molecule has 1 heterocycles. The van der Waals surface area contributed by atoms with Crippen LogP contribution in [-0.2, 0) is 23.0 Å². The SMILES string of the molecule is CON(C(=O)c1c(C)nn(C)c1F)C1CCCCc2ccc(NC(=O)OC(C)(C)C)cc21. The van der Waals surface area contributed by atoms with Crippen LogP contribution in [0.1, 0.15) is 73.3 Å². The van der Waals surface area contributed by atoms with Crippen LogP contribution in [0.5, 0.6) is 0 Å². The van der Waals surface area contributed by atoms with Crippen molar-refractivity contribution in [2.75, 3.05) is 12.4 Å². The number of hydrogen-bond acceptors (Lipinski definition) is 5. The lowest BCUT2D eigenvalue weighted by Gasteiger charge is -2.30. The van der Waals surface area contributed by atoms with Crippen molar-refractivity contribution < 1.29 is 23.6 Å². The molecule has 0 bridgehead atoms. The number of amides is 2. The number of rotatable bonds is 4. The fourth-order valence-electron chi connectivity index (χ4n) is 4.02. The van der Waals surface area contributed by atoms with Crippen LogP contribution in [0, 0.1) is 12.9 Å². The van der Waals surface area contributed by atoms with Crippen LogP contribution in [0.15, 0.2) is 18.2 Å². The summed E-state index contributed by atoms with van der Waals surface area (Å²) in [4.78, 5) is 31.0. The third-order valence-electron chi connectivity index (χ3n) is 5.37. The van der Waals surface area contributed by atoms with Gasteiger partial charge in [0.15, 0.2) is 0 Å². The Morgan fingerprint density at radius 2 is 2.00 bits per heavy atom. The summed E-state index contributed by atoms with van der Waals surface area (Å²) in [6.45, 7) is 6.97. The summed E-state index contributed by atoms with van der Waals surface area (Å²) in [5.74, 6) is -1.29. The maximum Gasteiger partial charge on any atom is 0.412 e.